The first kappa shape index (κ1) is 24.3. The van der Waals surface area contributed by atoms with Crippen LogP contribution in [-0.4, -0.2) is 57.4 Å². The average Bonchev–Trinajstić information content (AvgIpc) is 3.29. The smallest absolute Gasteiger partial charge is 0.228 e. The fourth-order valence-corrected chi connectivity index (χ4v) is 4.97. The van der Waals surface area contributed by atoms with Gasteiger partial charge in [-0.2, -0.15) is 4.98 Å². The number of hydrogen-bond acceptors (Lipinski definition) is 6. The molecule has 192 valence electrons. The van der Waals surface area contributed by atoms with E-state index < -0.39 is 0 Å². The fourth-order valence-electron chi connectivity index (χ4n) is 4.84. The molecule has 2 aromatic heterocycles. The van der Waals surface area contributed by atoms with Gasteiger partial charge in [0.25, 0.3) is 0 Å². The third-order valence-electron chi connectivity index (χ3n) is 6.96. The van der Waals surface area contributed by atoms with Gasteiger partial charge < -0.3 is 10.6 Å². The Morgan fingerprint density at radius 3 is 2.26 bits per heavy atom. The second-order valence-corrected chi connectivity index (χ2v) is 9.85. The van der Waals surface area contributed by atoms with E-state index in [2.05, 4.69) is 34.1 Å². The minimum atomic E-state index is -0.310. The van der Waals surface area contributed by atoms with Crippen molar-refractivity contribution in [3.05, 3.63) is 95.3 Å². The normalized spacial score (nSPS) is 14.3. The van der Waals surface area contributed by atoms with E-state index >= 15 is 0 Å². The number of nitrogens with zero attached hydrogens (tertiary/aromatic N) is 6. The second-order valence-electron chi connectivity index (χ2n) is 9.42. The number of hydrogen-bond donors (Lipinski definition) is 1. The molecule has 2 N–H and O–H groups in total. The highest BCUT2D eigenvalue weighted by Gasteiger charge is 2.24. The maximum Gasteiger partial charge on any atom is 0.228 e. The summed E-state index contributed by atoms with van der Waals surface area (Å²) in [5.74, 6) is 0.704. The predicted molar refractivity (Wildman–Crippen MR) is 150 cm³/mol. The van der Waals surface area contributed by atoms with Crippen LogP contribution in [0.2, 0.25) is 5.02 Å². The highest BCUT2D eigenvalue weighted by atomic mass is 35.5. The van der Waals surface area contributed by atoms with E-state index in [-0.39, 0.29) is 5.82 Å². The second kappa shape index (κ2) is 10.4. The van der Waals surface area contributed by atoms with E-state index in [1.165, 1.54) is 17.7 Å². The van der Waals surface area contributed by atoms with Crippen molar-refractivity contribution in [2.45, 2.75) is 6.42 Å². The Kier molecular flexibility index (Phi) is 6.66. The zero-order valence-corrected chi connectivity index (χ0v) is 21.5. The van der Waals surface area contributed by atoms with Gasteiger partial charge >= 0.3 is 0 Å². The Labute approximate surface area is 225 Å². The van der Waals surface area contributed by atoms with Crippen molar-refractivity contribution in [3.63, 3.8) is 0 Å². The van der Waals surface area contributed by atoms with Crippen molar-refractivity contribution < 1.29 is 4.39 Å². The van der Waals surface area contributed by atoms with Crippen LogP contribution in [0.5, 0.6) is 0 Å². The number of piperazine rings is 1. The highest BCUT2D eigenvalue weighted by molar-refractivity contribution is 6.30. The molecule has 1 saturated heterocycles. The lowest BCUT2D eigenvalue weighted by atomic mass is 10.1. The minimum absolute atomic E-state index is 0.310. The maximum absolute atomic E-state index is 13.7. The molecule has 0 spiro atoms. The molecule has 0 bridgehead atoms. The molecule has 5 aromatic rings. The van der Waals surface area contributed by atoms with Crippen LogP contribution in [-0.2, 0) is 6.42 Å². The molecular formula is C29H27ClFN7. The number of fused-ring (bicyclic) bond motifs is 1. The molecule has 3 aromatic carbocycles. The molecule has 0 radical (unpaired) electrons. The van der Waals surface area contributed by atoms with Crippen molar-refractivity contribution >= 4 is 34.4 Å². The van der Waals surface area contributed by atoms with E-state index in [0.717, 1.165) is 50.4 Å². The summed E-state index contributed by atoms with van der Waals surface area (Å²) >= 11 is 6.08. The van der Waals surface area contributed by atoms with Gasteiger partial charge in [0.05, 0.1) is 16.8 Å². The van der Waals surface area contributed by atoms with Crippen molar-refractivity contribution in [3.8, 4) is 16.9 Å². The molecule has 7 nitrogen and oxygen atoms in total. The molecule has 9 heteroatoms. The molecule has 1 aliphatic heterocycles. The van der Waals surface area contributed by atoms with Gasteiger partial charge in [0.2, 0.25) is 5.95 Å². The van der Waals surface area contributed by atoms with E-state index in [1.807, 2.05) is 18.2 Å². The molecule has 0 saturated carbocycles. The molecule has 0 unspecified atom stereocenters. The fraction of sp³-hybridized carbons (Fsp3) is 0.207. The number of nitrogens with two attached hydrogens (primary N) is 1. The van der Waals surface area contributed by atoms with Crippen molar-refractivity contribution in [1.82, 2.24) is 24.6 Å². The summed E-state index contributed by atoms with van der Waals surface area (Å²) in [5.41, 5.74) is 10.6. The zero-order valence-electron chi connectivity index (χ0n) is 20.8. The Hall–Kier alpha value is -4.01. The Morgan fingerprint density at radius 1 is 0.842 bits per heavy atom. The summed E-state index contributed by atoms with van der Waals surface area (Å²) in [5, 5.41) is 6.00. The van der Waals surface area contributed by atoms with Gasteiger partial charge in [-0.25, -0.2) is 14.1 Å². The van der Waals surface area contributed by atoms with Crippen molar-refractivity contribution in [2.24, 2.45) is 0 Å². The first-order chi connectivity index (χ1) is 18.5. The molecule has 1 aliphatic rings. The lowest BCUT2D eigenvalue weighted by molar-refractivity contribution is 0.260. The number of anilines is 2. The average molecular weight is 528 g/mol. The largest absolute Gasteiger partial charge is 0.383 e. The lowest BCUT2D eigenvalue weighted by Gasteiger charge is -2.34. The number of aromatic nitrogens is 4. The molecule has 3 heterocycles. The number of benzene rings is 3. The van der Waals surface area contributed by atoms with Crippen molar-refractivity contribution in [1.29, 1.82) is 0 Å². The SMILES string of the molecule is Nc1c2c(-c3ccc(F)cc3)nc(N3CCN(CCc4ccccc4)CC3)nc2nn1-c1ccc(Cl)cc1. The summed E-state index contributed by atoms with van der Waals surface area (Å²) in [6.07, 6.45) is 1.03. The van der Waals surface area contributed by atoms with Gasteiger partial charge in [-0.1, -0.05) is 41.9 Å². The summed E-state index contributed by atoms with van der Waals surface area (Å²) in [6.45, 7) is 4.45. The van der Waals surface area contributed by atoms with Gasteiger partial charge in [-0.05, 0) is 60.5 Å². The zero-order chi connectivity index (χ0) is 26.1. The molecule has 6 rings (SSSR count). The van der Waals surface area contributed by atoms with Crippen LogP contribution >= 0.6 is 11.6 Å². The third-order valence-corrected chi connectivity index (χ3v) is 7.21. The van der Waals surface area contributed by atoms with Crippen LogP contribution in [0.3, 0.4) is 0 Å². The minimum Gasteiger partial charge on any atom is -0.383 e. The maximum atomic E-state index is 13.7. The van der Waals surface area contributed by atoms with Crippen LogP contribution in [0, 0.1) is 5.82 Å². The van der Waals surface area contributed by atoms with Gasteiger partial charge in [0.1, 0.15) is 11.6 Å². The van der Waals surface area contributed by atoms with Crippen molar-refractivity contribution in [2.75, 3.05) is 43.4 Å². The summed E-state index contributed by atoms with van der Waals surface area (Å²) in [7, 11) is 0. The summed E-state index contributed by atoms with van der Waals surface area (Å²) in [6, 6.07) is 24.1. The monoisotopic (exact) mass is 527 g/mol. The van der Waals surface area contributed by atoms with E-state index in [4.69, 9.17) is 32.4 Å². The Balaban J connectivity index is 1.31. The molecule has 0 amide bonds. The third kappa shape index (κ3) is 4.92. The summed E-state index contributed by atoms with van der Waals surface area (Å²) < 4.78 is 15.4. The van der Waals surface area contributed by atoms with Crippen LogP contribution in [0.25, 0.3) is 28.0 Å². The highest BCUT2D eigenvalue weighted by Crippen LogP contribution is 2.34. The summed E-state index contributed by atoms with van der Waals surface area (Å²) in [4.78, 5) is 14.4. The number of rotatable bonds is 6. The van der Waals surface area contributed by atoms with E-state index in [9.17, 15) is 4.39 Å². The van der Waals surface area contributed by atoms with Gasteiger partial charge in [-0.3, -0.25) is 4.90 Å². The molecule has 0 atom stereocenters. The quantitative estimate of drug-likeness (QED) is 0.326. The first-order valence-electron chi connectivity index (χ1n) is 12.6. The molecule has 38 heavy (non-hydrogen) atoms. The molecule has 1 fully saturated rings. The Morgan fingerprint density at radius 2 is 1.55 bits per heavy atom. The predicted octanol–water partition coefficient (Wildman–Crippen LogP) is 5.22. The Bertz CT molecular complexity index is 1540. The molecular weight excluding hydrogens is 501 g/mol. The topological polar surface area (TPSA) is 76.1 Å². The first-order valence-corrected chi connectivity index (χ1v) is 13.0. The number of halogens is 2. The van der Waals surface area contributed by atoms with Gasteiger partial charge in [0, 0.05) is 43.3 Å². The van der Waals surface area contributed by atoms with Crippen LogP contribution < -0.4 is 10.6 Å². The standard InChI is InChI=1S/C29H27ClFN7/c30-22-8-12-24(13-9-22)38-27(32)25-26(21-6-10-23(31)11-7-21)33-29(34-28(25)35-38)37-18-16-36(17-19-37)15-14-20-4-2-1-3-5-20/h1-13H,14-19,32H2. The van der Waals surface area contributed by atoms with E-state index in [1.54, 1.807) is 28.9 Å². The lowest BCUT2D eigenvalue weighted by Crippen LogP contribution is -2.47. The van der Waals surface area contributed by atoms with Crippen LogP contribution in [0.15, 0.2) is 78.9 Å². The van der Waals surface area contributed by atoms with Gasteiger partial charge in [-0.15, -0.1) is 5.10 Å². The number of nitrogen functional groups attached to an aromatic ring is 1. The molecule has 0 aliphatic carbocycles. The van der Waals surface area contributed by atoms with Crippen LogP contribution in [0.4, 0.5) is 16.2 Å². The van der Waals surface area contributed by atoms with Crippen LogP contribution in [0.1, 0.15) is 5.56 Å². The van der Waals surface area contributed by atoms with Gasteiger partial charge in [0.15, 0.2) is 5.65 Å². The van der Waals surface area contributed by atoms with E-state index in [0.29, 0.717) is 33.5 Å².